The third kappa shape index (κ3) is 4.17. The van der Waals surface area contributed by atoms with Crippen LogP contribution in [-0.2, 0) is 28.4 Å². The molecule has 1 saturated heterocycles. The van der Waals surface area contributed by atoms with Crippen LogP contribution in [-0.4, -0.2) is 53.4 Å². The van der Waals surface area contributed by atoms with Crippen LogP contribution in [0.3, 0.4) is 0 Å². The van der Waals surface area contributed by atoms with E-state index in [1.807, 2.05) is 0 Å². The molecule has 9 heteroatoms. The lowest BCUT2D eigenvalue weighted by Gasteiger charge is -2.32. The Morgan fingerprint density at radius 3 is 2.44 bits per heavy atom. The second kappa shape index (κ2) is 8.00. The monoisotopic (exact) mass is 410 g/mol. The fourth-order valence-corrected chi connectivity index (χ4v) is 5.03. The summed E-state index contributed by atoms with van der Waals surface area (Å²) in [5, 5.41) is 4.61. The van der Waals surface area contributed by atoms with Crippen molar-refractivity contribution in [3.05, 3.63) is 47.2 Å². The number of halogens is 1. The number of piperidine rings is 1. The van der Waals surface area contributed by atoms with E-state index in [1.165, 1.54) is 4.31 Å². The van der Waals surface area contributed by atoms with Crippen molar-refractivity contribution in [1.29, 1.82) is 0 Å². The van der Waals surface area contributed by atoms with E-state index in [0.29, 0.717) is 37.5 Å². The van der Waals surface area contributed by atoms with Crippen LogP contribution in [0.2, 0.25) is 5.02 Å². The highest BCUT2D eigenvalue weighted by Gasteiger charge is 2.33. The second-order valence-electron chi connectivity index (χ2n) is 6.75. The maximum Gasteiger partial charge on any atom is 0.243 e. The summed E-state index contributed by atoms with van der Waals surface area (Å²) in [6.45, 7) is 1.05. The number of hydrogen-bond acceptors (Lipinski definition) is 4. The van der Waals surface area contributed by atoms with Crippen molar-refractivity contribution in [3.8, 4) is 0 Å². The Bertz CT molecular complexity index is 886. The SMILES string of the molecule is CN(Cc1c(Cl)cnn1C)C(=O)C1CCN(S(=O)(=O)c2ccccc2)CC1. The molecule has 0 saturated carbocycles. The Morgan fingerprint density at radius 2 is 1.89 bits per heavy atom. The molecule has 0 bridgehead atoms. The highest BCUT2D eigenvalue weighted by molar-refractivity contribution is 7.89. The summed E-state index contributed by atoms with van der Waals surface area (Å²) in [7, 11) is 0.0148. The van der Waals surface area contributed by atoms with Gasteiger partial charge in [-0.15, -0.1) is 0 Å². The molecule has 0 spiro atoms. The summed E-state index contributed by atoms with van der Waals surface area (Å²) in [6.07, 6.45) is 2.57. The molecular formula is C18H23ClN4O3S. The molecular weight excluding hydrogens is 388 g/mol. The van der Waals surface area contributed by atoms with Gasteiger partial charge < -0.3 is 4.90 Å². The van der Waals surface area contributed by atoms with Gasteiger partial charge in [0.15, 0.2) is 0 Å². The van der Waals surface area contributed by atoms with E-state index in [0.717, 1.165) is 5.69 Å². The molecule has 0 unspecified atom stereocenters. The minimum atomic E-state index is -3.50. The molecule has 3 rings (SSSR count). The maximum absolute atomic E-state index is 12.8. The van der Waals surface area contributed by atoms with Crippen LogP contribution in [0.1, 0.15) is 18.5 Å². The van der Waals surface area contributed by atoms with Crippen molar-refractivity contribution >= 4 is 27.5 Å². The lowest BCUT2D eigenvalue weighted by Crippen LogP contribution is -2.43. The van der Waals surface area contributed by atoms with Gasteiger partial charge in [0.25, 0.3) is 0 Å². The van der Waals surface area contributed by atoms with E-state index in [2.05, 4.69) is 5.10 Å². The van der Waals surface area contributed by atoms with Crippen molar-refractivity contribution in [2.24, 2.45) is 13.0 Å². The molecule has 0 aliphatic carbocycles. The summed E-state index contributed by atoms with van der Waals surface area (Å²) in [5.74, 6) is -0.187. The van der Waals surface area contributed by atoms with Crippen LogP contribution in [0.15, 0.2) is 41.4 Å². The van der Waals surface area contributed by atoms with Crippen molar-refractivity contribution < 1.29 is 13.2 Å². The predicted octanol–water partition coefficient (Wildman–Crippen LogP) is 2.13. The summed E-state index contributed by atoms with van der Waals surface area (Å²) < 4.78 is 28.5. The van der Waals surface area contributed by atoms with Crippen molar-refractivity contribution in [1.82, 2.24) is 19.0 Å². The average molecular weight is 411 g/mol. The second-order valence-corrected chi connectivity index (χ2v) is 9.09. The molecule has 146 valence electrons. The fraction of sp³-hybridized carbons (Fsp3) is 0.444. The minimum absolute atomic E-state index is 0.00373. The van der Waals surface area contributed by atoms with E-state index in [-0.39, 0.29) is 16.7 Å². The van der Waals surface area contributed by atoms with E-state index in [9.17, 15) is 13.2 Å². The molecule has 0 atom stereocenters. The topological polar surface area (TPSA) is 75.5 Å². The molecule has 1 fully saturated rings. The van der Waals surface area contributed by atoms with Gasteiger partial charge in [0.05, 0.1) is 28.4 Å². The summed E-state index contributed by atoms with van der Waals surface area (Å²) in [5.41, 5.74) is 0.775. The molecule has 1 aromatic heterocycles. The minimum Gasteiger partial charge on any atom is -0.340 e. The van der Waals surface area contributed by atoms with Crippen LogP contribution in [0.5, 0.6) is 0 Å². The summed E-state index contributed by atoms with van der Waals surface area (Å²) in [6, 6.07) is 8.40. The van der Waals surface area contributed by atoms with Crippen molar-refractivity contribution in [2.45, 2.75) is 24.3 Å². The molecule has 1 aromatic carbocycles. The van der Waals surface area contributed by atoms with Crippen molar-refractivity contribution in [2.75, 3.05) is 20.1 Å². The van der Waals surface area contributed by atoms with Crippen LogP contribution in [0.25, 0.3) is 0 Å². The quantitative estimate of drug-likeness (QED) is 0.756. The van der Waals surface area contributed by atoms with E-state index >= 15 is 0 Å². The Kier molecular flexibility index (Phi) is 5.88. The van der Waals surface area contributed by atoms with Crippen LogP contribution >= 0.6 is 11.6 Å². The number of carbonyl (C=O) groups excluding carboxylic acids is 1. The molecule has 1 amide bonds. The van der Waals surface area contributed by atoms with E-state index in [1.54, 1.807) is 60.2 Å². The van der Waals surface area contributed by atoms with Gasteiger partial charge in [0.1, 0.15) is 0 Å². The zero-order valence-electron chi connectivity index (χ0n) is 15.4. The molecule has 2 aromatic rings. The first-order chi connectivity index (χ1) is 12.8. The number of rotatable bonds is 5. The zero-order valence-corrected chi connectivity index (χ0v) is 16.9. The number of aryl methyl sites for hydroxylation is 1. The molecule has 27 heavy (non-hydrogen) atoms. The third-order valence-electron chi connectivity index (χ3n) is 4.96. The normalized spacial score (nSPS) is 16.4. The first-order valence-corrected chi connectivity index (χ1v) is 10.6. The largest absolute Gasteiger partial charge is 0.340 e. The highest BCUT2D eigenvalue weighted by atomic mass is 35.5. The number of carbonyl (C=O) groups is 1. The first-order valence-electron chi connectivity index (χ1n) is 8.77. The molecule has 0 radical (unpaired) electrons. The van der Waals surface area contributed by atoms with Gasteiger partial charge in [-0.3, -0.25) is 9.48 Å². The van der Waals surface area contributed by atoms with Gasteiger partial charge in [-0.25, -0.2) is 8.42 Å². The molecule has 1 aliphatic rings. The van der Waals surface area contributed by atoms with Crippen molar-refractivity contribution in [3.63, 3.8) is 0 Å². The average Bonchev–Trinajstić information content (AvgIpc) is 3.00. The van der Waals surface area contributed by atoms with Gasteiger partial charge in [-0.05, 0) is 25.0 Å². The molecule has 7 nitrogen and oxygen atoms in total. The predicted molar refractivity (Wildman–Crippen MR) is 103 cm³/mol. The van der Waals surface area contributed by atoms with E-state index in [4.69, 9.17) is 11.6 Å². The van der Waals surface area contributed by atoms with Crippen LogP contribution < -0.4 is 0 Å². The Labute approximate surface area is 164 Å². The third-order valence-corrected chi connectivity index (χ3v) is 7.19. The van der Waals surface area contributed by atoms with Gasteiger partial charge in [-0.1, -0.05) is 29.8 Å². The summed E-state index contributed by atoms with van der Waals surface area (Å²) >= 11 is 6.11. The molecule has 0 N–H and O–H groups in total. The van der Waals surface area contributed by atoms with Crippen LogP contribution in [0.4, 0.5) is 0 Å². The van der Waals surface area contributed by atoms with E-state index < -0.39 is 10.0 Å². The fourth-order valence-electron chi connectivity index (χ4n) is 3.31. The zero-order chi connectivity index (χ0) is 19.6. The van der Waals surface area contributed by atoms with Gasteiger partial charge >= 0.3 is 0 Å². The summed E-state index contributed by atoms with van der Waals surface area (Å²) in [4.78, 5) is 14.7. The standard InChI is InChI=1S/C18H23ClN4O3S/c1-21(13-17-16(19)12-20-22(17)2)18(24)14-8-10-23(11-9-14)27(25,26)15-6-4-3-5-7-15/h3-7,12,14H,8-11,13H2,1-2H3. The lowest BCUT2D eigenvalue weighted by molar-refractivity contribution is -0.136. The smallest absolute Gasteiger partial charge is 0.243 e. The van der Waals surface area contributed by atoms with Gasteiger partial charge in [0.2, 0.25) is 15.9 Å². The van der Waals surface area contributed by atoms with Crippen LogP contribution in [0, 0.1) is 5.92 Å². The Morgan fingerprint density at radius 1 is 1.26 bits per heavy atom. The van der Waals surface area contributed by atoms with Gasteiger partial charge in [-0.2, -0.15) is 9.40 Å². The Balaban J connectivity index is 1.61. The number of aromatic nitrogens is 2. The number of amides is 1. The van der Waals surface area contributed by atoms with Gasteiger partial charge in [0, 0.05) is 33.1 Å². The Hall–Kier alpha value is -1.90. The number of sulfonamides is 1. The molecule has 2 heterocycles. The first kappa shape index (κ1) is 19.9. The number of hydrogen-bond donors (Lipinski definition) is 0. The number of benzene rings is 1. The lowest BCUT2D eigenvalue weighted by atomic mass is 9.96. The number of nitrogens with zero attached hydrogens (tertiary/aromatic N) is 4. The highest BCUT2D eigenvalue weighted by Crippen LogP contribution is 2.25. The maximum atomic E-state index is 12.8. The molecule has 1 aliphatic heterocycles.